The van der Waals surface area contributed by atoms with Crippen LogP contribution in [-0.2, 0) is 0 Å². The molecule has 1 aliphatic rings. The third-order valence-corrected chi connectivity index (χ3v) is 4.99. The summed E-state index contributed by atoms with van der Waals surface area (Å²) in [5.41, 5.74) is 1.84. The highest BCUT2D eigenvalue weighted by atomic mass is 32.1. The topological polar surface area (TPSA) is 67.6 Å². The number of anilines is 1. The predicted octanol–water partition coefficient (Wildman–Crippen LogP) is 3.03. The van der Waals surface area contributed by atoms with E-state index in [1.807, 2.05) is 36.4 Å². The highest BCUT2D eigenvalue weighted by molar-refractivity contribution is 7.80. The first-order chi connectivity index (χ1) is 14.2. The molecular weight excluding hydrogens is 386 g/mol. The van der Waals surface area contributed by atoms with Crippen LogP contribution in [0.4, 0.5) is 11.6 Å². The number of nitrogens with zero attached hydrogens (tertiary/aromatic N) is 5. The van der Waals surface area contributed by atoms with Crippen LogP contribution in [0.1, 0.15) is 16.8 Å². The van der Waals surface area contributed by atoms with Crippen molar-refractivity contribution in [3.63, 3.8) is 0 Å². The fourth-order valence-electron chi connectivity index (χ4n) is 3.24. The molecule has 0 atom stereocenters. The van der Waals surface area contributed by atoms with Gasteiger partial charge in [0.25, 0.3) is 6.20 Å². The van der Waals surface area contributed by atoms with E-state index in [0.29, 0.717) is 11.4 Å². The molecule has 0 aliphatic carbocycles. The fraction of sp³-hybridized carbons (Fsp3) is 0.238. The van der Waals surface area contributed by atoms with Gasteiger partial charge in [0.15, 0.2) is 5.78 Å². The van der Waals surface area contributed by atoms with Crippen molar-refractivity contribution in [1.29, 1.82) is 0 Å². The zero-order valence-corrected chi connectivity index (χ0v) is 16.7. The Kier molecular flexibility index (Phi) is 5.81. The number of piperazine rings is 1. The van der Waals surface area contributed by atoms with Crippen molar-refractivity contribution in [3.05, 3.63) is 77.7 Å². The summed E-state index contributed by atoms with van der Waals surface area (Å²) in [5.74, 6) is 0.227. The molecule has 7 nitrogen and oxygen atoms in total. The van der Waals surface area contributed by atoms with Gasteiger partial charge in [-0.25, -0.2) is 0 Å². The number of carbonyl (C=O) groups is 1. The van der Waals surface area contributed by atoms with E-state index in [0.717, 1.165) is 26.2 Å². The van der Waals surface area contributed by atoms with E-state index in [2.05, 4.69) is 32.6 Å². The molecule has 3 aromatic rings. The van der Waals surface area contributed by atoms with Crippen LogP contribution >= 0.6 is 12.2 Å². The highest BCUT2D eigenvalue weighted by Gasteiger charge is 2.24. The summed E-state index contributed by atoms with van der Waals surface area (Å²) in [4.78, 5) is 16.5. The predicted molar refractivity (Wildman–Crippen MR) is 114 cm³/mol. The third kappa shape index (κ3) is 4.78. The molecule has 29 heavy (non-hydrogen) atoms. The van der Waals surface area contributed by atoms with Gasteiger partial charge in [-0.3, -0.25) is 4.79 Å². The lowest BCUT2D eigenvalue weighted by molar-refractivity contribution is -0.758. The van der Waals surface area contributed by atoms with Gasteiger partial charge in [0, 0.05) is 30.8 Å². The van der Waals surface area contributed by atoms with Crippen LogP contribution in [0.15, 0.2) is 71.4 Å². The first-order valence-electron chi connectivity index (χ1n) is 9.46. The van der Waals surface area contributed by atoms with Gasteiger partial charge in [0.05, 0.1) is 17.9 Å². The molecule has 0 unspecified atom stereocenters. The third-order valence-electron chi connectivity index (χ3n) is 4.75. The van der Waals surface area contributed by atoms with Crippen molar-refractivity contribution in [3.8, 4) is 0 Å². The lowest BCUT2D eigenvalue weighted by atomic mass is 10.1. The molecule has 0 amide bonds. The summed E-state index contributed by atoms with van der Waals surface area (Å²) in [5, 5.41) is 10.3. The number of Topliss-reactive ketones (excluding diaryl/α,β-unsaturated/α-hetero) is 1. The Morgan fingerprint density at radius 1 is 1.03 bits per heavy atom. The number of ketones is 1. The van der Waals surface area contributed by atoms with Gasteiger partial charge in [-0.2, -0.15) is 0 Å². The fourth-order valence-corrected chi connectivity index (χ4v) is 3.46. The van der Waals surface area contributed by atoms with E-state index < -0.39 is 0 Å². The molecule has 0 spiro atoms. The molecule has 0 radical (unpaired) electrons. The van der Waals surface area contributed by atoms with Gasteiger partial charge in [-0.15, -0.1) is 17.2 Å². The Bertz CT molecular complexity index is 969. The number of aromatic nitrogens is 2. The van der Waals surface area contributed by atoms with Crippen molar-refractivity contribution in [2.45, 2.75) is 6.42 Å². The van der Waals surface area contributed by atoms with E-state index in [-0.39, 0.29) is 17.2 Å². The van der Waals surface area contributed by atoms with Gasteiger partial charge >= 0.3 is 0 Å². The van der Waals surface area contributed by atoms with Crippen molar-refractivity contribution < 1.29 is 14.1 Å². The zero-order chi connectivity index (χ0) is 20.1. The van der Waals surface area contributed by atoms with E-state index in [1.54, 1.807) is 23.1 Å². The summed E-state index contributed by atoms with van der Waals surface area (Å²) >= 11 is 5.24. The minimum Gasteiger partial charge on any atom is -0.613 e. The lowest BCUT2D eigenvalue weighted by Crippen LogP contribution is -2.65. The minimum atomic E-state index is -0.0659. The van der Waals surface area contributed by atoms with Gasteiger partial charge in [0.1, 0.15) is 5.88 Å². The molecule has 4 rings (SSSR count). The first kappa shape index (κ1) is 19.1. The largest absolute Gasteiger partial charge is 0.613 e. The van der Waals surface area contributed by atoms with Crippen molar-refractivity contribution in [2.24, 2.45) is 0 Å². The van der Waals surface area contributed by atoms with Crippen LogP contribution in [0.2, 0.25) is 0 Å². The maximum absolute atomic E-state index is 12.2. The Morgan fingerprint density at radius 3 is 2.38 bits per heavy atom. The lowest BCUT2D eigenvalue weighted by Gasteiger charge is -2.31. The van der Waals surface area contributed by atoms with Crippen molar-refractivity contribution in [1.82, 2.24) is 5.27 Å². The van der Waals surface area contributed by atoms with Crippen molar-refractivity contribution >= 4 is 34.6 Å². The maximum Gasteiger partial charge on any atom is 0.257 e. The van der Waals surface area contributed by atoms with Crippen molar-refractivity contribution in [2.75, 3.05) is 36.1 Å². The molecule has 0 bridgehead atoms. The Morgan fingerprint density at radius 2 is 1.69 bits per heavy atom. The van der Waals surface area contributed by atoms with E-state index >= 15 is 0 Å². The number of thiocarbonyl (C=S) groups is 1. The van der Waals surface area contributed by atoms with Crippen LogP contribution in [0, 0.1) is 0 Å². The molecule has 0 N–H and O–H groups in total. The Balaban J connectivity index is 1.30. The Hall–Kier alpha value is -3.26. The molecular formula is C21H21N5O2S. The second-order valence-corrected chi connectivity index (χ2v) is 7.18. The summed E-state index contributed by atoms with van der Waals surface area (Å²) in [7, 11) is 0. The minimum absolute atomic E-state index is 0.0653. The van der Waals surface area contributed by atoms with Crippen LogP contribution < -0.4 is 14.7 Å². The molecule has 1 aromatic heterocycles. The van der Waals surface area contributed by atoms with Gasteiger partial charge in [-0.1, -0.05) is 53.5 Å². The second kappa shape index (κ2) is 8.83. The SMILES string of the molecule is O=C(CC(=S)[N-]c1c[n+](N2CCN(c3ccccc3)CC2)no1)c1ccccc1. The monoisotopic (exact) mass is 407 g/mol. The molecule has 148 valence electrons. The molecule has 0 saturated carbocycles. The van der Waals surface area contributed by atoms with Crippen LogP contribution in [0.25, 0.3) is 5.32 Å². The first-order valence-corrected chi connectivity index (χ1v) is 9.86. The summed E-state index contributed by atoms with van der Waals surface area (Å²) < 4.78 is 5.28. The van der Waals surface area contributed by atoms with Gasteiger partial charge < -0.3 is 14.7 Å². The molecule has 2 aromatic carbocycles. The smallest absolute Gasteiger partial charge is 0.257 e. The number of rotatable bonds is 6. The standard InChI is InChI=1S/C21H21N5O2S/c27-19(17-7-3-1-4-8-17)15-21(29)22-20-16-26(23-28-20)25-13-11-24(12-14-25)18-9-5-2-6-10-18/h1-10,16H,11-15H2. The number of benzene rings is 2. The number of hydrogen-bond acceptors (Lipinski definition) is 6. The molecule has 1 aliphatic heterocycles. The maximum atomic E-state index is 12.2. The van der Waals surface area contributed by atoms with E-state index in [9.17, 15) is 4.79 Å². The van der Waals surface area contributed by atoms with Gasteiger partial charge in [0.2, 0.25) is 5.27 Å². The van der Waals surface area contributed by atoms with E-state index in [1.165, 1.54) is 5.69 Å². The highest BCUT2D eigenvalue weighted by Crippen LogP contribution is 2.19. The number of para-hydroxylation sites is 1. The average Bonchev–Trinajstić information content (AvgIpc) is 3.23. The Labute approximate surface area is 174 Å². The van der Waals surface area contributed by atoms with Gasteiger partial charge in [-0.05, 0) is 12.1 Å². The molecule has 2 heterocycles. The summed E-state index contributed by atoms with van der Waals surface area (Å²) in [6.07, 6.45) is 1.76. The van der Waals surface area contributed by atoms with E-state index in [4.69, 9.17) is 16.7 Å². The summed E-state index contributed by atoms with van der Waals surface area (Å²) in [6, 6.07) is 19.4. The molecule has 1 saturated heterocycles. The second-order valence-electron chi connectivity index (χ2n) is 6.71. The normalized spacial score (nSPS) is 13.9. The molecule has 1 fully saturated rings. The quantitative estimate of drug-likeness (QED) is 0.355. The average molecular weight is 407 g/mol. The van der Waals surface area contributed by atoms with Crippen LogP contribution in [0.3, 0.4) is 0 Å². The summed E-state index contributed by atoms with van der Waals surface area (Å²) in [6.45, 7) is 3.39. The number of carbonyl (C=O) groups excluding carboxylic acids is 1. The van der Waals surface area contributed by atoms with Crippen LogP contribution in [0.5, 0.6) is 0 Å². The molecule has 8 heteroatoms. The zero-order valence-electron chi connectivity index (χ0n) is 15.8. The number of hydrogen-bond donors (Lipinski definition) is 0. The van der Waals surface area contributed by atoms with Crippen LogP contribution in [-0.4, -0.2) is 42.2 Å².